The van der Waals surface area contributed by atoms with Gasteiger partial charge in [-0.05, 0) is 61.6 Å². The molecule has 6 nitrogen and oxygen atoms in total. The molecule has 0 aliphatic rings. The van der Waals surface area contributed by atoms with Gasteiger partial charge >= 0.3 is 5.97 Å². The van der Waals surface area contributed by atoms with Crippen LogP contribution in [0.1, 0.15) is 30.9 Å². The summed E-state index contributed by atoms with van der Waals surface area (Å²) >= 11 is 0. The quantitative estimate of drug-likeness (QED) is 0.210. The van der Waals surface area contributed by atoms with E-state index in [-0.39, 0.29) is 6.54 Å². The molecule has 0 atom stereocenters. The smallest absolute Gasteiger partial charge is 0.320 e. The summed E-state index contributed by atoms with van der Waals surface area (Å²) in [4.78, 5) is 18.7. The zero-order valence-electron chi connectivity index (χ0n) is 16.8. The third-order valence-corrected chi connectivity index (χ3v) is 4.00. The number of aryl methyl sites for hydroxylation is 2. The second-order valence-corrected chi connectivity index (χ2v) is 6.23. The monoisotopic (exact) mass is 642 g/mol. The number of carboxylic acids is 1. The summed E-state index contributed by atoms with van der Waals surface area (Å²) < 4.78 is 5.80. The first-order chi connectivity index (χ1) is 13.5. The van der Waals surface area contributed by atoms with Crippen molar-refractivity contribution in [3.63, 3.8) is 0 Å². The molecule has 4 N–H and O–H groups in total. The standard InChI is InChI=1S/C19H25NO.C3H4NO3.Fm/c1-3-16-14-18(21-13-5-4-12-20)10-11-19(16)17-8-6-15(2)7-9-17;5-2-4-1-3(6)7;/h6-11,14H,3-5,12-13,20H2,1-2H3;1H2,(H,4,5)(H,6,7);/q;-1;. The molecular weight excluding hydrogens is 613 g/mol. The number of carboxylic acid groups (broad SMARTS) is 1. The Morgan fingerprint density at radius 2 is 1.86 bits per heavy atom. The van der Waals surface area contributed by atoms with Crippen LogP contribution in [0, 0.1) is 6.92 Å². The Kier molecular flexibility index (Phi) is 12.3. The fourth-order valence-electron chi connectivity index (χ4n) is 2.52. The van der Waals surface area contributed by atoms with Crippen LogP contribution in [0.15, 0.2) is 42.5 Å². The number of nitrogens with one attached hydrogen (secondary N) is 1. The van der Waals surface area contributed by atoms with Gasteiger partial charge in [0.2, 0.25) is 0 Å². The fourth-order valence-corrected chi connectivity index (χ4v) is 2.52. The van der Waals surface area contributed by atoms with E-state index in [1.807, 2.05) is 5.32 Å². The van der Waals surface area contributed by atoms with Crippen molar-refractivity contribution >= 4 is 12.4 Å². The van der Waals surface area contributed by atoms with Crippen molar-refractivity contribution < 1.29 is 19.4 Å². The van der Waals surface area contributed by atoms with Crippen LogP contribution in [0.5, 0.6) is 5.75 Å². The Hall–Kier alpha value is -3.86. The van der Waals surface area contributed by atoms with Gasteiger partial charge in [-0.2, -0.15) is 6.41 Å². The van der Waals surface area contributed by atoms with Crippen molar-refractivity contribution in [2.24, 2.45) is 5.73 Å². The number of ether oxygens (including phenoxy) is 1. The maximum Gasteiger partial charge on any atom is 0.320 e. The number of nitrogens with two attached hydrogens (primary N) is 1. The molecule has 29 heavy (non-hydrogen) atoms. The predicted octanol–water partition coefficient (Wildman–Crippen LogP) is 3.07. The predicted molar refractivity (Wildman–Crippen MR) is 111 cm³/mol. The number of benzene rings is 2. The van der Waals surface area contributed by atoms with E-state index in [0.29, 0.717) is 0 Å². The first-order valence-electron chi connectivity index (χ1n) is 9.36. The summed E-state index contributed by atoms with van der Waals surface area (Å²) in [5, 5.41) is 9.65. The minimum absolute atomic E-state index is 0. The van der Waals surface area contributed by atoms with Gasteiger partial charge in [0.25, 0.3) is 0 Å². The molecule has 0 unspecified atom stereocenters. The molecule has 0 heterocycles. The van der Waals surface area contributed by atoms with E-state index < -0.39 is 5.97 Å². The summed E-state index contributed by atoms with van der Waals surface area (Å²) in [6.07, 6.45) is 4.25. The van der Waals surface area contributed by atoms with Crippen LogP contribution in [0.4, 0.5) is 0 Å². The third kappa shape index (κ3) is 9.58. The van der Waals surface area contributed by atoms with Crippen molar-refractivity contribution in [2.75, 3.05) is 19.7 Å². The van der Waals surface area contributed by atoms with Crippen molar-refractivity contribution in [3.05, 3.63) is 53.6 Å². The average molecular weight is 642 g/mol. The Morgan fingerprint density at radius 1 is 1.17 bits per heavy atom. The zero-order valence-corrected chi connectivity index (χ0v) is 19.2. The van der Waals surface area contributed by atoms with E-state index in [2.05, 4.69) is 56.3 Å². The molecule has 0 saturated heterocycles. The average Bonchev–Trinajstić information content (AvgIpc) is 2.70. The first kappa shape index (κ1) is 25.1. The number of carbonyl (C=O) groups excluding carboxylic acids is 1. The molecule has 0 saturated carbocycles. The maximum absolute atomic E-state index is 9.52. The fraction of sp³-hybridized carbons (Fsp3) is 0.364. The number of amides is 1. The first-order valence-corrected chi connectivity index (χ1v) is 9.36. The van der Waals surface area contributed by atoms with Gasteiger partial charge in [0, 0.05) is 0 Å². The van der Waals surface area contributed by atoms with Crippen LogP contribution < -0.4 is 15.8 Å². The van der Waals surface area contributed by atoms with E-state index in [0.717, 1.165) is 38.2 Å². The van der Waals surface area contributed by atoms with E-state index in [1.54, 1.807) is 0 Å². The van der Waals surface area contributed by atoms with Gasteiger partial charge in [0.05, 0.1) is 13.2 Å². The van der Waals surface area contributed by atoms with Gasteiger partial charge in [-0.3, -0.25) is 4.79 Å². The molecule has 1 amide bonds. The van der Waals surface area contributed by atoms with Crippen molar-refractivity contribution in [1.29, 1.82) is 0 Å². The van der Waals surface area contributed by atoms with Crippen LogP contribution in [0.2, 0.25) is 0 Å². The van der Waals surface area contributed by atoms with Crippen LogP contribution in [-0.4, -0.2) is 37.2 Å². The zero-order chi connectivity index (χ0) is 20.8. The molecule has 0 aliphatic heterocycles. The van der Waals surface area contributed by atoms with Gasteiger partial charge in [0.1, 0.15) is 5.75 Å². The largest absolute Gasteiger partial charge is 0.521 e. The molecular formula is C22H29FmN2O4-. The van der Waals surface area contributed by atoms with Crippen LogP contribution in [0.3, 0.4) is 0 Å². The van der Waals surface area contributed by atoms with Gasteiger partial charge < -0.3 is 25.7 Å². The Morgan fingerprint density at radius 3 is 2.38 bits per heavy atom. The molecule has 2 aromatic rings. The van der Waals surface area contributed by atoms with E-state index in [1.165, 1.54) is 28.7 Å². The molecule has 0 aromatic heterocycles. The summed E-state index contributed by atoms with van der Waals surface area (Å²) in [6, 6.07) is 15.1. The van der Waals surface area contributed by atoms with Gasteiger partial charge in [-0.1, -0.05) is 42.8 Å². The molecule has 2 rings (SSSR count). The summed E-state index contributed by atoms with van der Waals surface area (Å²) in [5.74, 6) is -0.108. The maximum atomic E-state index is 9.52. The number of hydrogen-bond acceptors (Lipinski definition) is 4. The minimum atomic E-state index is -1.07. The van der Waals surface area contributed by atoms with Gasteiger partial charge in [-0.15, -0.1) is 0 Å². The van der Waals surface area contributed by atoms with Crippen LogP contribution in [0.25, 0.3) is 11.1 Å². The molecule has 0 fully saturated rings. The van der Waals surface area contributed by atoms with Crippen LogP contribution >= 0.6 is 0 Å². The SMILES string of the molecule is CCc1cc(OCCCCN)ccc1-c1ccc(C)cc1.O=[C-]NCC(=O)O.[Fm]. The molecule has 0 spiro atoms. The molecule has 0 aliphatic carbocycles. The van der Waals surface area contributed by atoms with E-state index in [4.69, 9.17) is 15.6 Å². The minimum Gasteiger partial charge on any atom is -0.521 e. The Bertz CT molecular complexity index is 736. The number of carbonyl (C=O) groups is 1. The Balaban J connectivity index is 0.000000846. The van der Waals surface area contributed by atoms with Gasteiger partial charge in [0.15, 0.2) is 0 Å². The second kappa shape index (κ2) is 14.2. The molecule has 0 bridgehead atoms. The topological polar surface area (TPSA) is 102 Å². The molecule has 2 aromatic carbocycles. The molecule has 164 valence electrons. The van der Waals surface area contributed by atoms with E-state index in [9.17, 15) is 9.59 Å². The van der Waals surface area contributed by atoms with Crippen LogP contribution in [-0.2, 0) is 16.0 Å². The number of unbranched alkanes of at least 4 members (excludes halogenated alkanes) is 1. The third-order valence-electron chi connectivity index (χ3n) is 4.00. The van der Waals surface area contributed by atoms with Crippen molar-refractivity contribution in [1.82, 2.24) is 5.32 Å². The normalized spacial score (nSPS) is 9.48. The molecule has 0 radical (unpaired) electrons. The van der Waals surface area contributed by atoms with E-state index >= 15 is 0 Å². The summed E-state index contributed by atoms with van der Waals surface area (Å²) in [6.45, 7) is 5.41. The number of hydrogen-bond donors (Lipinski definition) is 3. The Labute approximate surface area is 166 Å². The summed E-state index contributed by atoms with van der Waals surface area (Å²) in [7, 11) is 0. The summed E-state index contributed by atoms with van der Waals surface area (Å²) in [5.41, 5.74) is 10.7. The molecule has 7 heteroatoms. The number of rotatable bonds is 10. The van der Waals surface area contributed by atoms with Crippen molar-refractivity contribution in [3.8, 4) is 16.9 Å². The van der Waals surface area contributed by atoms with Crippen molar-refractivity contribution in [2.45, 2.75) is 33.1 Å². The number of aliphatic carboxylic acids is 1. The second-order valence-electron chi connectivity index (χ2n) is 6.23. The van der Waals surface area contributed by atoms with Gasteiger partial charge in [-0.25, -0.2) is 0 Å².